The molecule has 0 atom stereocenters. The zero-order chi connectivity index (χ0) is 12.6. The van der Waals surface area contributed by atoms with E-state index in [4.69, 9.17) is 23.2 Å². The second kappa shape index (κ2) is 5.41. The zero-order valence-corrected chi connectivity index (χ0v) is 13.6. The van der Waals surface area contributed by atoms with E-state index in [0.29, 0.717) is 24.3 Å². The third kappa shape index (κ3) is 2.76. The Morgan fingerprint density at radius 1 is 1.18 bits per heavy atom. The van der Waals surface area contributed by atoms with Gasteiger partial charge in [0, 0.05) is 14.5 Å². The van der Waals surface area contributed by atoms with Gasteiger partial charge in [-0.05, 0) is 50.1 Å². The van der Waals surface area contributed by atoms with Crippen LogP contribution in [0.15, 0.2) is 33.2 Å². The van der Waals surface area contributed by atoms with Crippen LogP contribution in [0.5, 0.6) is 0 Å². The molecule has 0 unspecified atom stereocenters. The topological polar surface area (TPSA) is 17.1 Å². The molecule has 17 heavy (non-hydrogen) atoms. The van der Waals surface area contributed by atoms with Crippen LogP contribution in [0.3, 0.4) is 0 Å². The van der Waals surface area contributed by atoms with Gasteiger partial charge in [-0.3, -0.25) is 4.79 Å². The van der Waals surface area contributed by atoms with Crippen molar-refractivity contribution in [1.29, 1.82) is 0 Å². The molecule has 2 aromatic rings. The highest BCUT2D eigenvalue weighted by atomic mass is 79.9. The molecule has 2 rings (SSSR count). The number of hydrogen-bond donors (Lipinski definition) is 0. The van der Waals surface area contributed by atoms with Gasteiger partial charge in [-0.2, -0.15) is 0 Å². The molecule has 88 valence electrons. The highest BCUT2D eigenvalue weighted by Crippen LogP contribution is 2.35. The van der Waals surface area contributed by atoms with Gasteiger partial charge in [0.15, 0.2) is 0 Å². The number of ketones is 1. The maximum atomic E-state index is 12.2. The van der Waals surface area contributed by atoms with E-state index in [2.05, 4.69) is 31.9 Å². The maximum absolute atomic E-state index is 12.2. The quantitative estimate of drug-likeness (QED) is 0.566. The summed E-state index contributed by atoms with van der Waals surface area (Å²) in [6.07, 6.45) is 0. The first-order valence-electron chi connectivity index (χ1n) is 4.44. The van der Waals surface area contributed by atoms with Gasteiger partial charge in [0.05, 0.1) is 9.90 Å². The summed E-state index contributed by atoms with van der Waals surface area (Å²) < 4.78 is 1.98. The predicted molar refractivity (Wildman–Crippen MR) is 79.6 cm³/mol. The fraction of sp³-hybridized carbons (Fsp3) is 0. The van der Waals surface area contributed by atoms with Crippen molar-refractivity contribution in [3.63, 3.8) is 0 Å². The van der Waals surface area contributed by atoms with E-state index in [1.54, 1.807) is 24.3 Å². The molecule has 0 aliphatic heterocycles. The van der Waals surface area contributed by atoms with Gasteiger partial charge in [0.1, 0.15) is 4.34 Å². The first-order chi connectivity index (χ1) is 8.00. The molecule has 1 aromatic heterocycles. The van der Waals surface area contributed by atoms with E-state index in [9.17, 15) is 4.79 Å². The minimum atomic E-state index is -0.131. The van der Waals surface area contributed by atoms with Crippen LogP contribution in [0.1, 0.15) is 15.2 Å². The lowest BCUT2D eigenvalue weighted by Crippen LogP contribution is -1.99. The average molecular weight is 415 g/mol. The monoisotopic (exact) mass is 412 g/mol. The summed E-state index contributed by atoms with van der Waals surface area (Å²) in [7, 11) is 0. The second-order valence-corrected chi connectivity index (χ2v) is 6.90. The highest BCUT2D eigenvalue weighted by Gasteiger charge is 2.17. The van der Waals surface area contributed by atoms with Crippen molar-refractivity contribution >= 4 is 72.2 Å². The lowest BCUT2D eigenvalue weighted by atomic mass is 10.1. The zero-order valence-electron chi connectivity index (χ0n) is 8.14. The maximum Gasteiger partial charge on any atom is 0.204 e. The molecule has 0 aliphatic carbocycles. The average Bonchev–Trinajstić information content (AvgIpc) is 2.62. The van der Waals surface area contributed by atoms with Crippen LogP contribution < -0.4 is 0 Å². The molecule has 1 nitrogen and oxygen atoms in total. The Morgan fingerprint density at radius 3 is 2.47 bits per heavy atom. The number of halogens is 4. The van der Waals surface area contributed by atoms with Crippen molar-refractivity contribution < 1.29 is 4.79 Å². The Kier molecular flexibility index (Phi) is 4.31. The summed E-state index contributed by atoms with van der Waals surface area (Å²) in [6, 6.07) is 6.95. The van der Waals surface area contributed by atoms with Gasteiger partial charge in [-0.25, -0.2) is 0 Å². The Bertz CT molecular complexity index is 576. The third-order valence-electron chi connectivity index (χ3n) is 2.07. The molecule has 0 radical (unpaired) electrons. The first kappa shape index (κ1) is 13.6. The van der Waals surface area contributed by atoms with Gasteiger partial charge in [0.2, 0.25) is 5.78 Å². The number of benzene rings is 1. The molecule has 0 fully saturated rings. The highest BCUT2D eigenvalue weighted by molar-refractivity contribution is 9.11. The van der Waals surface area contributed by atoms with Gasteiger partial charge < -0.3 is 0 Å². The minimum Gasteiger partial charge on any atom is -0.288 e. The summed E-state index contributed by atoms with van der Waals surface area (Å²) in [4.78, 5) is 12.8. The summed E-state index contributed by atoms with van der Waals surface area (Å²) in [5, 5.41) is 0.415. The van der Waals surface area contributed by atoms with Crippen molar-refractivity contribution in [1.82, 2.24) is 0 Å². The largest absolute Gasteiger partial charge is 0.288 e. The van der Waals surface area contributed by atoms with E-state index in [-0.39, 0.29) is 5.78 Å². The van der Waals surface area contributed by atoms with Crippen LogP contribution in [-0.2, 0) is 0 Å². The molecule has 6 heteroatoms. The summed E-state index contributed by atoms with van der Waals surface area (Å²) >= 11 is 19.8. The summed E-state index contributed by atoms with van der Waals surface area (Å²) in [6.45, 7) is 0. The molecule has 1 heterocycles. The molecule has 0 bridgehead atoms. The van der Waals surface area contributed by atoms with Crippen LogP contribution in [0.2, 0.25) is 9.36 Å². The van der Waals surface area contributed by atoms with Gasteiger partial charge in [-0.15, -0.1) is 11.3 Å². The fourth-order valence-corrected chi connectivity index (χ4v) is 3.50. The summed E-state index contributed by atoms with van der Waals surface area (Å²) in [5.41, 5.74) is 0.464. The first-order valence-corrected chi connectivity index (χ1v) is 7.60. The molecule has 0 N–H and O–H groups in total. The Labute approximate surface area is 129 Å². The van der Waals surface area contributed by atoms with Crippen LogP contribution in [0.25, 0.3) is 0 Å². The lowest BCUT2D eigenvalue weighted by molar-refractivity contribution is 0.104. The molecular weight excluding hydrogens is 411 g/mol. The van der Waals surface area contributed by atoms with Crippen LogP contribution in [0.4, 0.5) is 0 Å². The van der Waals surface area contributed by atoms with Gasteiger partial charge in [0.25, 0.3) is 0 Å². The Morgan fingerprint density at radius 2 is 1.88 bits per heavy atom. The van der Waals surface area contributed by atoms with Crippen molar-refractivity contribution in [2.24, 2.45) is 0 Å². The SMILES string of the molecule is O=C(c1cc(Br)c(Cl)s1)c1cccc(Br)c1Cl. The van der Waals surface area contributed by atoms with E-state index >= 15 is 0 Å². The van der Waals surface area contributed by atoms with E-state index in [0.717, 1.165) is 4.47 Å². The van der Waals surface area contributed by atoms with Crippen LogP contribution >= 0.6 is 66.4 Å². The van der Waals surface area contributed by atoms with E-state index in [1.165, 1.54) is 11.3 Å². The molecule has 0 saturated carbocycles. The van der Waals surface area contributed by atoms with E-state index in [1.807, 2.05) is 0 Å². The van der Waals surface area contributed by atoms with Crippen molar-refractivity contribution in [3.8, 4) is 0 Å². The van der Waals surface area contributed by atoms with Crippen molar-refractivity contribution in [2.45, 2.75) is 0 Å². The van der Waals surface area contributed by atoms with Crippen molar-refractivity contribution in [3.05, 3.63) is 53.0 Å². The predicted octanol–water partition coefficient (Wildman–Crippen LogP) is 5.81. The third-order valence-corrected chi connectivity index (χ3v) is 5.83. The Balaban J connectivity index is 2.47. The molecule has 1 aromatic carbocycles. The summed E-state index contributed by atoms with van der Waals surface area (Å²) in [5.74, 6) is -0.131. The minimum absolute atomic E-state index is 0.131. The van der Waals surface area contributed by atoms with Crippen LogP contribution in [-0.4, -0.2) is 5.78 Å². The fourth-order valence-electron chi connectivity index (χ4n) is 1.27. The molecule has 0 aliphatic rings. The number of hydrogen-bond acceptors (Lipinski definition) is 2. The molecule has 0 spiro atoms. The normalized spacial score (nSPS) is 10.6. The Hall–Kier alpha value is 0.130. The standard InChI is InChI=1S/C11H4Br2Cl2OS/c12-6-3-1-2-5(9(6)14)10(16)8-4-7(13)11(15)17-8/h1-4H. The number of carbonyl (C=O) groups excluding carboxylic acids is 1. The van der Waals surface area contributed by atoms with E-state index < -0.39 is 0 Å². The second-order valence-electron chi connectivity index (χ2n) is 3.16. The molecule has 0 saturated heterocycles. The van der Waals surface area contributed by atoms with Gasteiger partial charge >= 0.3 is 0 Å². The number of rotatable bonds is 2. The van der Waals surface area contributed by atoms with Crippen LogP contribution in [0, 0.1) is 0 Å². The number of thiophene rings is 1. The van der Waals surface area contributed by atoms with Gasteiger partial charge in [-0.1, -0.05) is 29.3 Å². The smallest absolute Gasteiger partial charge is 0.204 e. The van der Waals surface area contributed by atoms with Crippen molar-refractivity contribution in [2.75, 3.05) is 0 Å². The molecule has 0 amide bonds. The lowest BCUT2D eigenvalue weighted by Gasteiger charge is -2.02. The number of carbonyl (C=O) groups is 1. The molecular formula is C11H4Br2Cl2OS.